The van der Waals surface area contributed by atoms with Gasteiger partial charge in [0.2, 0.25) is 5.91 Å². The number of rotatable bonds is 6. The number of carbonyl (C=O) groups excluding carboxylic acids is 1. The quantitative estimate of drug-likeness (QED) is 0.511. The van der Waals surface area contributed by atoms with Crippen molar-refractivity contribution in [2.45, 2.75) is 26.4 Å². The molecule has 0 saturated carbocycles. The molecule has 0 aliphatic rings. The Hall–Kier alpha value is -3.29. The summed E-state index contributed by atoms with van der Waals surface area (Å²) in [5.74, 6) is 0.138. The highest BCUT2D eigenvalue weighted by Gasteiger charge is 2.16. The third kappa shape index (κ3) is 3.83. The summed E-state index contributed by atoms with van der Waals surface area (Å²) >= 11 is 2.97. The van der Waals surface area contributed by atoms with Crippen LogP contribution in [0, 0.1) is 18.3 Å². The van der Waals surface area contributed by atoms with Crippen LogP contribution in [0.25, 0.3) is 20.7 Å². The Morgan fingerprint density at radius 1 is 1.38 bits per heavy atom. The van der Waals surface area contributed by atoms with Crippen molar-refractivity contribution in [2.24, 2.45) is 0 Å². The Balaban J connectivity index is 1.59. The van der Waals surface area contributed by atoms with E-state index in [0.29, 0.717) is 22.6 Å². The molecule has 0 saturated heterocycles. The van der Waals surface area contributed by atoms with Crippen LogP contribution in [-0.2, 0) is 17.9 Å². The number of aromatic nitrogens is 4. The molecule has 4 aromatic heterocycles. The molecule has 0 spiro atoms. The Kier molecular flexibility index (Phi) is 5.24. The van der Waals surface area contributed by atoms with E-state index < -0.39 is 0 Å². The standard InChI is InChI=1S/C19H16N6O2S2/c1-12-8-15(25(23-12)6-3-5-20)22-16(26)9-24-11-21-18-17(19(24)27)13(10-29-18)14-4-2-7-28-14/h2,4,7-8,10-11H,3,6,9H2,1H3,(H,22,26). The maximum Gasteiger partial charge on any atom is 0.263 e. The smallest absolute Gasteiger partial charge is 0.263 e. The van der Waals surface area contributed by atoms with E-state index in [1.54, 1.807) is 22.1 Å². The second-order valence-electron chi connectivity index (χ2n) is 6.33. The third-order valence-corrected chi connectivity index (χ3v) is 6.06. The number of hydrogen-bond donors (Lipinski definition) is 1. The largest absolute Gasteiger partial charge is 0.309 e. The van der Waals surface area contributed by atoms with E-state index in [1.165, 1.54) is 22.2 Å². The van der Waals surface area contributed by atoms with Crippen molar-refractivity contribution in [3.8, 4) is 16.5 Å². The van der Waals surface area contributed by atoms with Crippen LogP contribution >= 0.6 is 22.7 Å². The maximum absolute atomic E-state index is 13.0. The van der Waals surface area contributed by atoms with Crippen LogP contribution in [0.4, 0.5) is 5.82 Å². The van der Waals surface area contributed by atoms with E-state index >= 15 is 0 Å². The van der Waals surface area contributed by atoms with Gasteiger partial charge in [-0.15, -0.1) is 22.7 Å². The van der Waals surface area contributed by atoms with Gasteiger partial charge in [0.15, 0.2) is 0 Å². The van der Waals surface area contributed by atoms with Crippen LogP contribution in [0.3, 0.4) is 0 Å². The Morgan fingerprint density at radius 3 is 3.00 bits per heavy atom. The third-order valence-electron chi connectivity index (χ3n) is 4.27. The number of thiophene rings is 2. The first-order chi connectivity index (χ1) is 14.1. The van der Waals surface area contributed by atoms with E-state index in [9.17, 15) is 9.59 Å². The molecule has 1 N–H and O–H groups in total. The molecule has 4 heterocycles. The van der Waals surface area contributed by atoms with Crippen LogP contribution in [-0.4, -0.2) is 25.2 Å². The van der Waals surface area contributed by atoms with Crippen molar-refractivity contribution in [3.63, 3.8) is 0 Å². The molecule has 0 aliphatic carbocycles. The predicted molar refractivity (Wildman–Crippen MR) is 113 cm³/mol. The fourth-order valence-electron chi connectivity index (χ4n) is 3.00. The Morgan fingerprint density at radius 2 is 2.24 bits per heavy atom. The molecular formula is C19H16N6O2S2. The van der Waals surface area contributed by atoms with Gasteiger partial charge in [0.1, 0.15) is 17.2 Å². The minimum atomic E-state index is -0.362. The predicted octanol–water partition coefficient (Wildman–Crippen LogP) is 3.24. The van der Waals surface area contributed by atoms with Crippen LogP contribution in [0.2, 0.25) is 0 Å². The number of carbonyl (C=O) groups is 1. The highest BCUT2D eigenvalue weighted by molar-refractivity contribution is 7.18. The molecule has 0 bridgehead atoms. The van der Waals surface area contributed by atoms with Gasteiger partial charge in [0.25, 0.3) is 5.56 Å². The number of nitriles is 1. The molecule has 0 aliphatic heterocycles. The van der Waals surface area contributed by atoms with Gasteiger partial charge in [-0.25, -0.2) is 9.67 Å². The summed E-state index contributed by atoms with van der Waals surface area (Å²) in [7, 11) is 0. The molecule has 0 radical (unpaired) electrons. The van der Waals surface area contributed by atoms with Gasteiger partial charge in [0.05, 0.1) is 36.4 Å². The van der Waals surface area contributed by atoms with Gasteiger partial charge in [-0.3, -0.25) is 14.2 Å². The zero-order valence-corrected chi connectivity index (χ0v) is 17.1. The van der Waals surface area contributed by atoms with E-state index in [-0.39, 0.29) is 24.4 Å². The lowest BCUT2D eigenvalue weighted by atomic mass is 10.2. The van der Waals surface area contributed by atoms with E-state index in [0.717, 1.165) is 16.1 Å². The van der Waals surface area contributed by atoms with Crippen molar-refractivity contribution in [3.05, 3.63) is 51.3 Å². The zero-order chi connectivity index (χ0) is 20.4. The van der Waals surface area contributed by atoms with Crippen molar-refractivity contribution in [1.29, 1.82) is 5.26 Å². The number of fused-ring (bicyclic) bond motifs is 1. The summed E-state index contributed by atoms with van der Waals surface area (Å²) in [5, 5.41) is 20.2. The van der Waals surface area contributed by atoms with Crippen molar-refractivity contribution in [1.82, 2.24) is 19.3 Å². The SMILES string of the molecule is Cc1cc(NC(=O)Cn2cnc3scc(-c4cccs4)c3c2=O)n(CCC#N)n1. The molecule has 4 aromatic rings. The van der Waals surface area contributed by atoms with Gasteiger partial charge in [0, 0.05) is 21.9 Å². The Bertz CT molecular complexity index is 1280. The molecule has 0 atom stereocenters. The van der Waals surface area contributed by atoms with Gasteiger partial charge < -0.3 is 5.32 Å². The van der Waals surface area contributed by atoms with Crippen LogP contribution < -0.4 is 10.9 Å². The Labute approximate surface area is 173 Å². The summed E-state index contributed by atoms with van der Waals surface area (Å²) in [6.45, 7) is 2.03. The van der Waals surface area contributed by atoms with Gasteiger partial charge in [-0.05, 0) is 18.4 Å². The van der Waals surface area contributed by atoms with Gasteiger partial charge in [-0.2, -0.15) is 10.4 Å². The average Bonchev–Trinajstić information content (AvgIpc) is 3.42. The lowest BCUT2D eigenvalue weighted by Crippen LogP contribution is -2.28. The van der Waals surface area contributed by atoms with Crippen LogP contribution in [0.1, 0.15) is 12.1 Å². The topological polar surface area (TPSA) is 106 Å². The van der Waals surface area contributed by atoms with E-state index in [4.69, 9.17) is 5.26 Å². The fourth-order valence-corrected chi connectivity index (χ4v) is 4.72. The minimum absolute atomic E-state index is 0.163. The summed E-state index contributed by atoms with van der Waals surface area (Å²) in [4.78, 5) is 31.6. The number of hydrogen-bond acceptors (Lipinski definition) is 7. The first-order valence-electron chi connectivity index (χ1n) is 8.78. The van der Waals surface area contributed by atoms with E-state index in [1.807, 2.05) is 29.8 Å². The number of anilines is 1. The monoisotopic (exact) mass is 424 g/mol. The maximum atomic E-state index is 13.0. The molecular weight excluding hydrogens is 408 g/mol. The molecule has 1 amide bonds. The van der Waals surface area contributed by atoms with Crippen molar-refractivity contribution in [2.75, 3.05) is 5.32 Å². The number of amides is 1. The first kappa shape index (κ1) is 19.0. The molecule has 10 heteroatoms. The second-order valence-corrected chi connectivity index (χ2v) is 8.14. The highest BCUT2D eigenvalue weighted by atomic mass is 32.1. The lowest BCUT2D eigenvalue weighted by Gasteiger charge is -2.09. The molecule has 0 unspecified atom stereocenters. The normalized spacial score (nSPS) is 10.9. The van der Waals surface area contributed by atoms with Crippen molar-refractivity contribution >= 4 is 44.6 Å². The molecule has 8 nitrogen and oxygen atoms in total. The number of nitrogens with one attached hydrogen (secondary N) is 1. The lowest BCUT2D eigenvalue weighted by molar-refractivity contribution is -0.116. The summed E-state index contributed by atoms with van der Waals surface area (Å²) in [6, 6.07) is 7.68. The van der Waals surface area contributed by atoms with Crippen LogP contribution in [0.15, 0.2) is 40.1 Å². The average molecular weight is 425 g/mol. The zero-order valence-electron chi connectivity index (χ0n) is 15.5. The first-order valence-corrected chi connectivity index (χ1v) is 10.5. The molecule has 4 rings (SSSR count). The number of aryl methyl sites for hydroxylation is 2. The van der Waals surface area contributed by atoms with Gasteiger partial charge >= 0.3 is 0 Å². The molecule has 146 valence electrons. The summed E-state index contributed by atoms with van der Waals surface area (Å²) in [6.07, 6.45) is 1.69. The number of nitrogens with zero attached hydrogens (tertiary/aromatic N) is 5. The highest BCUT2D eigenvalue weighted by Crippen LogP contribution is 2.33. The molecule has 29 heavy (non-hydrogen) atoms. The van der Waals surface area contributed by atoms with E-state index in [2.05, 4.69) is 21.5 Å². The minimum Gasteiger partial charge on any atom is -0.309 e. The summed E-state index contributed by atoms with van der Waals surface area (Å²) in [5.41, 5.74) is 1.33. The summed E-state index contributed by atoms with van der Waals surface area (Å²) < 4.78 is 2.89. The van der Waals surface area contributed by atoms with Gasteiger partial charge in [-0.1, -0.05) is 6.07 Å². The van der Waals surface area contributed by atoms with Crippen LogP contribution in [0.5, 0.6) is 0 Å². The molecule has 0 fully saturated rings. The second kappa shape index (κ2) is 7.98. The fraction of sp³-hybridized carbons (Fsp3) is 0.211. The van der Waals surface area contributed by atoms with Crippen molar-refractivity contribution < 1.29 is 4.79 Å². The molecule has 0 aromatic carbocycles.